The number of rotatable bonds is 0. The second kappa shape index (κ2) is 24.9. The van der Waals surface area contributed by atoms with Crippen molar-refractivity contribution in [3.63, 3.8) is 0 Å². The molecule has 0 saturated carbocycles. The van der Waals surface area contributed by atoms with Gasteiger partial charge in [-0.25, -0.2) is 0 Å². The van der Waals surface area contributed by atoms with E-state index in [4.69, 9.17) is 25.3 Å². The van der Waals surface area contributed by atoms with Gasteiger partial charge >= 0.3 is 16.5 Å². The summed E-state index contributed by atoms with van der Waals surface area (Å²) in [6.07, 6.45) is 7.27. The minimum Gasteiger partial charge on any atom is -0.742 e. The maximum absolute atomic E-state index is 4.99. The third-order valence-electron chi connectivity index (χ3n) is 4.54. The van der Waals surface area contributed by atoms with Gasteiger partial charge in [-0.2, -0.15) is 0 Å². The van der Waals surface area contributed by atoms with E-state index in [0.717, 1.165) is 0 Å². The van der Waals surface area contributed by atoms with Gasteiger partial charge in [0.15, 0.2) is 0 Å². The van der Waals surface area contributed by atoms with Gasteiger partial charge in [0.05, 0.1) is 0 Å². The fourth-order valence-corrected chi connectivity index (χ4v) is 3.46. The number of hydrogen-bond acceptors (Lipinski definition) is 4. The van der Waals surface area contributed by atoms with Gasteiger partial charge in [0.1, 0.15) is 0 Å². The number of nitrogens with zero attached hydrogens (tertiary/aromatic N) is 4. The molecule has 2 aromatic heterocycles. The van der Waals surface area contributed by atoms with Gasteiger partial charge in [-0.1, -0.05) is 71.8 Å². The smallest absolute Gasteiger partial charge is 0.742 e. The Kier molecular flexibility index (Phi) is 26.7. The Morgan fingerprint density at radius 3 is 0.860 bits per heavy atom. The molecule has 0 aliphatic heterocycles. The van der Waals surface area contributed by atoms with E-state index >= 15 is 0 Å². The molecule has 4 rings (SSSR count). The van der Waals surface area contributed by atoms with Crippen LogP contribution in [0.25, 0.3) is 0 Å². The molecule has 0 radical (unpaired) electrons. The summed E-state index contributed by atoms with van der Waals surface area (Å²) in [5.41, 5.74) is 2.77. The molecule has 2 aromatic carbocycles. The summed E-state index contributed by atoms with van der Waals surface area (Å²) in [5.74, 6) is 0. The zero-order valence-electron chi connectivity index (χ0n) is 28.9. The van der Waals surface area contributed by atoms with Crippen LogP contribution in [-0.4, -0.2) is 59.1 Å². The molecule has 0 spiro atoms. The average Bonchev–Trinajstić information content (AvgIpc) is 3.49. The normalized spacial score (nSPS) is 10.0. The molecule has 0 unspecified atom stereocenters. The average molecular weight is 706 g/mol. The molecule has 0 fully saturated rings. The summed E-state index contributed by atoms with van der Waals surface area (Å²) in [4.78, 5) is 7.92. The fraction of sp³-hybridized carbons (Fsp3) is 0.471. The van der Waals surface area contributed by atoms with Crippen molar-refractivity contribution in [1.29, 1.82) is 0 Å². The zero-order chi connectivity index (χ0) is 32.9. The van der Waals surface area contributed by atoms with Crippen LogP contribution in [0.15, 0.2) is 95.8 Å². The second-order valence-corrected chi connectivity index (χ2v) is 18.6. The minimum absolute atomic E-state index is 0. The Bertz CT molecular complexity index is 1070. The van der Waals surface area contributed by atoms with Crippen molar-refractivity contribution in [2.45, 2.75) is 76.8 Å². The molecule has 0 aliphatic carbocycles. The van der Waals surface area contributed by atoms with E-state index in [0.29, 0.717) is 26.2 Å². The number of hydrogen-bond donors (Lipinski definition) is 0. The monoisotopic (exact) mass is 704 g/mol. The van der Waals surface area contributed by atoms with E-state index in [1.54, 1.807) is 12.4 Å². The van der Waals surface area contributed by atoms with Crippen LogP contribution in [0.1, 0.15) is 52.7 Å². The summed E-state index contributed by atoms with van der Waals surface area (Å²) >= 11 is 9.97. The second-order valence-electron chi connectivity index (χ2n) is 12.5. The molecule has 0 aliphatic rings. The third-order valence-corrected chi connectivity index (χ3v) is 5.14. The number of benzene rings is 2. The van der Waals surface area contributed by atoms with Crippen LogP contribution in [0.5, 0.6) is 0 Å². The molecule has 244 valence electrons. The minimum atomic E-state index is 0. The summed E-state index contributed by atoms with van der Waals surface area (Å²) < 4.78 is 3.95. The van der Waals surface area contributed by atoms with Crippen molar-refractivity contribution in [2.24, 2.45) is 0 Å². The number of aromatic nitrogens is 4. The standard InChI is InChI=1S/2C7H12N2S.2C7H8.2C3H9P.Ni/c2*1-7(2,3)9-5-4-8-6(9)10;2*1-7-5-3-2-4-6-7;2*1-4(2)3;/h2*4-5H,1-3H3,(H,8,10);2*2-6H,1H3;2*1-3H3;/q;;;;;;+2/p-2. The van der Waals surface area contributed by atoms with Crippen molar-refractivity contribution in [2.75, 3.05) is 40.0 Å². The Labute approximate surface area is 288 Å². The molecule has 43 heavy (non-hydrogen) atoms. The van der Waals surface area contributed by atoms with E-state index in [2.05, 4.69) is 130 Å². The summed E-state index contributed by atoms with van der Waals surface area (Å²) in [6.45, 7) is 30.2. The molecule has 0 N–H and O–H groups in total. The van der Waals surface area contributed by atoms with Crippen molar-refractivity contribution in [3.05, 3.63) is 96.6 Å². The fourth-order valence-electron chi connectivity index (χ4n) is 2.67. The molecule has 9 heteroatoms. The molecular weight excluding hydrogens is 649 g/mol. The van der Waals surface area contributed by atoms with Crippen LogP contribution in [-0.2, 0) is 52.8 Å². The number of aryl methyl sites for hydroxylation is 2. The Morgan fingerprint density at radius 2 is 0.767 bits per heavy atom. The van der Waals surface area contributed by atoms with Crippen molar-refractivity contribution < 1.29 is 16.5 Å². The van der Waals surface area contributed by atoms with Gasteiger partial charge < -0.3 is 34.4 Å². The van der Waals surface area contributed by atoms with E-state index < -0.39 is 0 Å². The van der Waals surface area contributed by atoms with Crippen LogP contribution in [0.3, 0.4) is 0 Å². The van der Waals surface area contributed by atoms with Crippen LogP contribution < -0.4 is 0 Å². The maximum atomic E-state index is 4.99. The predicted octanol–water partition coefficient (Wildman–Crippen LogP) is 9.79. The van der Waals surface area contributed by atoms with Gasteiger partial charge in [-0.3, -0.25) is 9.97 Å². The van der Waals surface area contributed by atoms with Crippen LogP contribution in [0, 0.1) is 13.8 Å². The van der Waals surface area contributed by atoms with Crippen LogP contribution in [0.2, 0.25) is 0 Å². The molecular formula is C34H56N4NiP2S2. The van der Waals surface area contributed by atoms with Crippen LogP contribution >= 0.6 is 15.8 Å². The first-order valence-corrected chi connectivity index (χ1v) is 20.1. The van der Waals surface area contributed by atoms with Crippen molar-refractivity contribution in [1.82, 2.24) is 19.1 Å². The molecule has 0 saturated heterocycles. The molecule has 0 atom stereocenters. The quantitative estimate of drug-likeness (QED) is 0.104. The summed E-state index contributed by atoms with van der Waals surface area (Å²) in [6, 6.07) is 20.5. The largest absolute Gasteiger partial charge is 2.00 e. The molecule has 4 aromatic rings. The first kappa shape index (κ1) is 46.1. The van der Waals surface area contributed by atoms with Crippen molar-refractivity contribution in [3.8, 4) is 0 Å². The zero-order valence-corrected chi connectivity index (χ0v) is 33.3. The Morgan fingerprint density at radius 1 is 0.535 bits per heavy atom. The first-order valence-electron chi connectivity index (χ1n) is 14.0. The predicted molar refractivity (Wildman–Crippen MR) is 197 cm³/mol. The van der Waals surface area contributed by atoms with E-state index in [1.807, 2.05) is 57.9 Å². The van der Waals surface area contributed by atoms with Gasteiger partial charge in [0, 0.05) is 35.9 Å². The Hall–Kier alpha value is -1.35. The van der Waals surface area contributed by atoms with Crippen LogP contribution in [0.4, 0.5) is 0 Å². The topological polar surface area (TPSA) is 35.6 Å². The molecule has 4 nitrogen and oxygen atoms in total. The van der Waals surface area contributed by atoms with Crippen molar-refractivity contribution >= 4 is 41.1 Å². The van der Waals surface area contributed by atoms with Gasteiger partial charge in [0.25, 0.3) is 0 Å². The number of imidazole rings is 2. The van der Waals surface area contributed by atoms with E-state index in [-0.39, 0.29) is 27.6 Å². The van der Waals surface area contributed by atoms with E-state index in [1.165, 1.54) is 11.1 Å². The Balaban J connectivity index is -0.000000460. The summed E-state index contributed by atoms with van der Waals surface area (Å²) in [7, 11) is 0.759. The van der Waals surface area contributed by atoms with E-state index in [9.17, 15) is 0 Å². The van der Waals surface area contributed by atoms with Gasteiger partial charge in [-0.15, -0.1) is 15.8 Å². The third kappa shape index (κ3) is 27.9. The maximum Gasteiger partial charge on any atom is 2.00 e. The molecule has 2 heterocycles. The molecule has 0 bridgehead atoms. The summed E-state index contributed by atoms with van der Waals surface area (Å²) in [5, 5.41) is 1.32. The SMILES string of the molecule is CC(C)(C)n1ccnc1[S-].CC(C)(C)n1ccnc1[S-].CP(C)C.CP(C)C.Cc1ccccc1.Cc1ccccc1.[Ni+2]. The van der Waals surface area contributed by atoms with Gasteiger partial charge in [0.2, 0.25) is 0 Å². The van der Waals surface area contributed by atoms with Gasteiger partial charge in [-0.05, 0) is 106 Å². The molecule has 0 amide bonds. The first-order chi connectivity index (χ1) is 19.3.